The van der Waals surface area contributed by atoms with E-state index in [1.165, 1.54) is 20.8 Å². The number of aliphatic carboxylic acids is 4. The molecule has 0 saturated carbocycles. The Hall–Kier alpha value is -3.68. The highest BCUT2D eigenvalue weighted by atomic mass is 16.4. The highest BCUT2D eigenvalue weighted by molar-refractivity contribution is 5.86. The second kappa shape index (κ2) is 9.89. The average Bonchev–Trinajstić information content (AvgIpc) is 2.79. The molecule has 8 nitrogen and oxygen atoms in total. The molecule has 0 bridgehead atoms. The van der Waals surface area contributed by atoms with Crippen LogP contribution in [0.4, 0.5) is 0 Å². The van der Waals surface area contributed by atoms with Crippen LogP contribution in [0.15, 0.2) is 30.3 Å². The summed E-state index contributed by atoms with van der Waals surface area (Å²) in [6, 6.07) is 8.02. The largest absolute Gasteiger partial charge is 0.481 e. The molecule has 0 aromatic heterocycles. The third kappa shape index (κ3) is 5.04. The molecule has 2 rings (SSSR count). The van der Waals surface area contributed by atoms with E-state index in [4.69, 9.17) is 0 Å². The van der Waals surface area contributed by atoms with Gasteiger partial charge in [0.1, 0.15) is 0 Å². The molecule has 1 unspecified atom stereocenters. The highest BCUT2D eigenvalue weighted by Crippen LogP contribution is 2.41. The smallest absolute Gasteiger partial charge is 0.314 e. The maximum Gasteiger partial charge on any atom is 0.314 e. The zero-order chi connectivity index (χ0) is 29.6. The molecule has 0 amide bonds. The van der Waals surface area contributed by atoms with Crippen molar-refractivity contribution in [2.45, 2.75) is 90.4 Å². The van der Waals surface area contributed by atoms with E-state index in [9.17, 15) is 39.6 Å². The Kier molecular flexibility index (Phi) is 7.95. The van der Waals surface area contributed by atoms with Gasteiger partial charge in [0.05, 0.1) is 21.7 Å². The van der Waals surface area contributed by atoms with E-state index in [0.717, 1.165) is 0 Å². The van der Waals surface area contributed by atoms with Crippen molar-refractivity contribution in [3.8, 4) is 0 Å². The van der Waals surface area contributed by atoms with Gasteiger partial charge in [0, 0.05) is 0 Å². The number of carbonyl (C=O) groups is 4. The van der Waals surface area contributed by atoms with Crippen molar-refractivity contribution in [1.82, 2.24) is 0 Å². The van der Waals surface area contributed by atoms with Gasteiger partial charge in [0.2, 0.25) is 0 Å². The van der Waals surface area contributed by atoms with Gasteiger partial charge in [0.15, 0.2) is 0 Å². The first-order valence-corrected chi connectivity index (χ1v) is 12.3. The van der Waals surface area contributed by atoms with Crippen molar-refractivity contribution in [3.63, 3.8) is 0 Å². The van der Waals surface area contributed by atoms with Crippen molar-refractivity contribution in [2.75, 3.05) is 0 Å². The van der Waals surface area contributed by atoms with E-state index in [-0.39, 0.29) is 6.42 Å². The molecule has 0 fully saturated rings. The molecule has 0 aliphatic heterocycles. The van der Waals surface area contributed by atoms with Crippen LogP contribution in [-0.2, 0) is 47.3 Å². The molecule has 4 N–H and O–H groups in total. The van der Waals surface area contributed by atoms with Crippen molar-refractivity contribution in [3.05, 3.63) is 69.3 Å². The minimum absolute atomic E-state index is 0.106. The topological polar surface area (TPSA) is 149 Å². The lowest BCUT2D eigenvalue weighted by molar-refractivity contribution is -0.144. The molecular weight excluding hydrogens is 488 g/mol. The Labute approximate surface area is 223 Å². The Balaban J connectivity index is 2.88. The fourth-order valence-corrected chi connectivity index (χ4v) is 5.03. The van der Waals surface area contributed by atoms with Gasteiger partial charge in [-0.3, -0.25) is 19.2 Å². The summed E-state index contributed by atoms with van der Waals surface area (Å²) in [5, 5.41) is 40.0. The van der Waals surface area contributed by atoms with Crippen LogP contribution in [-0.4, -0.2) is 44.3 Å². The lowest BCUT2D eigenvalue weighted by Crippen LogP contribution is -2.39. The predicted molar refractivity (Wildman–Crippen MR) is 143 cm³/mol. The third-order valence-corrected chi connectivity index (χ3v) is 8.06. The van der Waals surface area contributed by atoms with Crippen molar-refractivity contribution in [2.24, 2.45) is 0 Å². The van der Waals surface area contributed by atoms with Gasteiger partial charge in [-0.1, -0.05) is 30.3 Å². The fourth-order valence-electron chi connectivity index (χ4n) is 5.03. The molecule has 8 heteroatoms. The van der Waals surface area contributed by atoms with Crippen LogP contribution in [0.3, 0.4) is 0 Å². The van der Waals surface area contributed by atoms with Gasteiger partial charge in [-0.05, 0) is 108 Å². The average molecular weight is 527 g/mol. The predicted octanol–water partition coefficient (Wildman–Crippen LogP) is 4.98. The fraction of sp³-hybridized carbons (Fsp3) is 0.467. The normalized spacial score (nSPS) is 14.0. The summed E-state index contributed by atoms with van der Waals surface area (Å²) >= 11 is 0. The Morgan fingerprint density at radius 1 is 0.632 bits per heavy atom. The number of hydrogen-bond acceptors (Lipinski definition) is 4. The molecule has 0 radical (unpaired) electrons. The van der Waals surface area contributed by atoms with Gasteiger partial charge in [-0.2, -0.15) is 0 Å². The first-order valence-electron chi connectivity index (χ1n) is 12.3. The van der Waals surface area contributed by atoms with Gasteiger partial charge in [-0.15, -0.1) is 0 Å². The van der Waals surface area contributed by atoms with Crippen molar-refractivity contribution < 1.29 is 39.6 Å². The molecule has 1 atom stereocenters. The van der Waals surface area contributed by atoms with Crippen LogP contribution < -0.4 is 0 Å². The van der Waals surface area contributed by atoms with Crippen LogP contribution in [0.5, 0.6) is 0 Å². The van der Waals surface area contributed by atoms with Gasteiger partial charge >= 0.3 is 23.9 Å². The number of hydrogen-bond donors (Lipinski definition) is 4. The van der Waals surface area contributed by atoms with Crippen LogP contribution in [0.1, 0.15) is 87.4 Å². The molecule has 2 aromatic carbocycles. The SMILES string of the molecule is Cc1cc(C(C)(C)C(=O)O)c(CC(C)(C(=O)O)c2ccc(C(C)(C)C(=O)O)cc2)c(C)c1C(C)(C)C(=O)O. The molecular formula is C30H38O8. The highest BCUT2D eigenvalue weighted by Gasteiger charge is 2.42. The molecule has 0 aliphatic rings. The van der Waals surface area contributed by atoms with Gasteiger partial charge in [0.25, 0.3) is 0 Å². The summed E-state index contributed by atoms with van der Waals surface area (Å²) in [7, 11) is 0. The Morgan fingerprint density at radius 3 is 1.45 bits per heavy atom. The Bertz CT molecular complexity index is 1300. The minimum Gasteiger partial charge on any atom is -0.481 e. The first kappa shape index (κ1) is 30.5. The monoisotopic (exact) mass is 526 g/mol. The maximum absolute atomic E-state index is 12.8. The van der Waals surface area contributed by atoms with Crippen LogP contribution in [0.25, 0.3) is 0 Å². The third-order valence-electron chi connectivity index (χ3n) is 8.06. The van der Waals surface area contributed by atoms with Crippen LogP contribution in [0, 0.1) is 13.8 Å². The first-order chi connectivity index (χ1) is 17.1. The van der Waals surface area contributed by atoms with E-state index in [1.807, 2.05) is 0 Å². The maximum atomic E-state index is 12.8. The summed E-state index contributed by atoms with van der Waals surface area (Å²) < 4.78 is 0. The minimum atomic E-state index is -1.53. The summed E-state index contributed by atoms with van der Waals surface area (Å²) in [5.41, 5.74) is -1.94. The lowest BCUT2D eigenvalue weighted by Gasteiger charge is -2.34. The zero-order valence-corrected chi connectivity index (χ0v) is 23.5. The summed E-state index contributed by atoms with van der Waals surface area (Å²) in [6.45, 7) is 14.3. The van der Waals surface area contributed by atoms with Crippen LogP contribution in [0.2, 0.25) is 0 Å². The van der Waals surface area contributed by atoms with Crippen molar-refractivity contribution >= 4 is 23.9 Å². The second-order valence-corrected chi connectivity index (χ2v) is 11.9. The number of carboxylic acids is 4. The quantitative estimate of drug-likeness (QED) is 0.339. The molecule has 0 aliphatic carbocycles. The molecule has 0 spiro atoms. The lowest BCUT2D eigenvalue weighted by atomic mass is 9.68. The van der Waals surface area contributed by atoms with E-state index < -0.39 is 45.5 Å². The summed E-state index contributed by atoms with van der Waals surface area (Å²) in [6.07, 6.45) is -0.106. The van der Waals surface area contributed by atoms with Crippen molar-refractivity contribution in [1.29, 1.82) is 0 Å². The molecule has 2 aromatic rings. The summed E-state index contributed by atoms with van der Waals surface area (Å²) in [4.78, 5) is 48.9. The molecule has 0 saturated heterocycles. The number of rotatable bonds is 10. The van der Waals surface area contributed by atoms with Gasteiger partial charge in [-0.25, -0.2) is 0 Å². The molecule has 0 heterocycles. The Morgan fingerprint density at radius 2 is 1.05 bits per heavy atom. The summed E-state index contributed by atoms with van der Waals surface area (Å²) in [5.74, 6) is -4.32. The van der Waals surface area contributed by atoms with E-state index >= 15 is 0 Å². The van der Waals surface area contributed by atoms with E-state index in [0.29, 0.717) is 38.9 Å². The standard InChI is InChI=1S/C30H38O8/c1-16-14-21(28(5,6)24(33)34)20(17(2)22(16)29(7,8)25(35)36)15-30(9,26(37)38)19-12-10-18(11-13-19)27(3,4)23(31)32/h10-14H,15H2,1-9H3,(H,31,32)(H,33,34)(H,35,36)(H,37,38). The van der Waals surface area contributed by atoms with Gasteiger partial charge < -0.3 is 20.4 Å². The molecule has 206 valence electrons. The van der Waals surface area contributed by atoms with Crippen LogP contribution >= 0.6 is 0 Å². The second-order valence-electron chi connectivity index (χ2n) is 11.9. The zero-order valence-electron chi connectivity index (χ0n) is 23.5. The number of carboxylic acid groups (broad SMARTS) is 4. The van der Waals surface area contributed by atoms with E-state index in [1.54, 1.807) is 71.9 Å². The number of benzene rings is 2. The van der Waals surface area contributed by atoms with E-state index in [2.05, 4.69) is 0 Å². The number of aryl methyl sites for hydroxylation is 1. The molecule has 38 heavy (non-hydrogen) atoms.